The molecule has 0 aromatic heterocycles. The fraction of sp³-hybridized carbons (Fsp3) is 0.632. The average Bonchev–Trinajstić information content (AvgIpc) is 2.69. The molecule has 2 aliphatic heterocycles. The van der Waals surface area contributed by atoms with Crippen molar-refractivity contribution in [3.05, 3.63) is 35.4 Å². The Kier molecular flexibility index (Phi) is 4.82. The van der Waals surface area contributed by atoms with Gasteiger partial charge in [0, 0.05) is 26.2 Å². The van der Waals surface area contributed by atoms with Crippen LogP contribution in [-0.4, -0.2) is 48.4 Å². The lowest BCUT2D eigenvalue weighted by molar-refractivity contribution is -0.135. The van der Waals surface area contributed by atoms with Crippen molar-refractivity contribution in [2.45, 2.75) is 33.1 Å². The van der Waals surface area contributed by atoms with Crippen LogP contribution in [-0.2, 0) is 17.6 Å². The summed E-state index contributed by atoms with van der Waals surface area (Å²) in [4.78, 5) is 17.1. The highest BCUT2D eigenvalue weighted by atomic mass is 16.2. The number of nitrogens with zero attached hydrogens (tertiary/aromatic N) is 2. The second-order valence-electron chi connectivity index (χ2n) is 7.29. The number of piperidine rings is 1. The lowest BCUT2D eigenvalue weighted by atomic mass is 9.92. The predicted molar refractivity (Wildman–Crippen MR) is 89.8 cm³/mol. The Balaban J connectivity index is 1.56. The van der Waals surface area contributed by atoms with Gasteiger partial charge in [0.2, 0.25) is 5.91 Å². The van der Waals surface area contributed by atoms with Crippen molar-refractivity contribution >= 4 is 5.91 Å². The first kappa shape index (κ1) is 15.5. The molecule has 1 aromatic carbocycles. The molecule has 3 nitrogen and oxygen atoms in total. The molecule has 1 aromatic rings. The maximum absolute atomic E-state index is 12.6. The summed E-state index contributed by atoms with van der Waals surface area (Å²) in [5, 5.41) is 0. The number of likely N-dealkylation sites (tertiary alicyclic amines) is 1. The first-order chi connectivity index (χ1) is 10.6. The summed E-state index contributed by atoms with van der Waals surface area (Å²) in [5.74, 6) is 1.60. The minimum Gasteiger partial charge on any atom is -0.341 e. The highest BCUT2D eigenvalue weighted by molar-refractivity contribution is 5.78. The molecule has 2 atom stereocenters. The van der Waals surface area contributed by atoms with E-state index in [-0.39, 0.29) is 0 Å². The Morgan fingerprint density at radius 2 is 1.59 bits per heavy atom. The molecule has 3 heteroatoms. The monoisotopic (exact) mass is 300 g/mol. The first-order valence-corrected chi connectivity index (χ1v) is 8.68. The van der Waals surface area contributed by atoms with Crippen molar-refractivity contribution < 1.29 is 4.79 Å². The topological polar surface area (TPSA) is 23.6 Å². The van der Waals surface area contributed by atoms with E-state index in [1.807, 2.05) is 0 Å². The summed E-state index contributed by atoms with van der Waals surface area (Å²) < 4.78 is 0. The van der Waals surface area contributed by atoms with E-state index in [2.05, 4.69) is 47.9 Å². The molecular weight excluding hydrogens is 272 g/mol. The summed E-state index contributed by atoms with van der Waals surface area (Å²) >= 11 is 0. The number of hydrogen-bond donors (Lipinski definition) is 0. The van der Waals surface area contributed by atoms with Crippen LogP contribution in [0.2, 0.25) is 0 Å². The van der Waals surface area contributed by atoms with Crippen molar-refractivity contribution in [2.24, 2.45) is 11.8 Å². The second kappa shape index (κ2) is 6.82. The van der Waals surface area contributed by atoms with Crippen LogP contribution in [0.5, 0.6) is 0 Å². The van der Waals surface area contributed by atoms with Gasteiger partial charge in [-0.15, -0.1) is 0 Å². The van der Waals surface area contributed by atoms with Gasteiger partial charge in [0.15, 0.2) is 0 Å². The van der Waals surface area contributed by atoms with Crippen molar-refractivity contribution in [3.63, 3.8) is 0 Å². The van der Waals surface area contributed by atoms with Crippen molar-refractivity contribution in [3.8, 4) is 0 Å². The van der Waals surface area contributed by atoms with Gasteiger partial charge in [-0.2, -0.15) is 0 Å². The molecule has 0 N–H and O–H groups in total. The normalized spacial score (nSPS) is 26.4. The van der Waals surface area contributed by atoms with E-state index >= 15 is 0 Å². The van der Waals surface area contributed by atoms with Gasteiger partial charge in [-0.25, -0.2) is 0 Å². The Hall–Kier alpha value is -1.35. The molecule has 0 radical (unpaired) electrons. The molecule has 1 saturated heterocycles. The summed E-state index contributed by atoms with van der Waals surface area (Å²) in [6.07, 6.45) is 3.38. The minimum atomic E-state index is 0.323. The summed E-state index contributed by atoms with van der Waals surface area (Å²) in [6.45, 7) is 9.00. The van der Waals surface area contributed by atoms with Gasteiger partial charge >= 0.3 is 0 Å². The van der Waals surface area contributed by atoms with E-state index in [0.717, 1.165) is 39.0 Å². The third-order valence-corrected chi connectivity index (χ3v) is 5.09. The molecule has 0 spiro atoms. The molecule has 2 unspecified atom stereocenters. The largest absolute Gasteiger partial charge is 0.341 e. The van der Waals surface area contributed by atoms with Crippen LogP contribution in [0.4, 0.5) is 0 Å². The quantitative estimate of drug-likeness (QED) is 0.838. The van der Waals surface area contributed by atoms with E-state index in [1.165, 1.54) is 17.5 Å². The van der Waals surface area contributed by atoms with Gasteiger partial charge in [-0.1, -0.05) is 38.1 Å². The number of hydrogen-bond acceptors (Lipinski definition) is 2. The van der Waals surface area contributed by atoms with Gasteiger partial charge in [0.05, 0.1) is 6.54 Å². The smallest absolute Gasteiger partial charge is 0.236 e. The van der Waals surface area contributed by atoms with Crippen molar-refractivity contribution in [1.29, 1.82) is 0 Å². The van der Waals surface area contributed by atoms with Gasteiger partial charge in [-0.05, 0) is 42.2 Å². The van der Waals surface area contributed by atoms with Gasteiger partial charge in [0.25, 0.3) is 0 Å². The van der Waals surface area contributed by atoms with Gasteiger partial charge in [0.1, 0.15) is 0 Å². The van der Waals surface area contributed by atoms with Crippen molar-refractivity contribution in [1.82, 2.24) is 9.80 Å². The number of carbonyl (C=O) groups is 1. The molecule has 1 fully saturated rings. The third-order valence-electron chi connectivity index (χ3n) is 5.09. The molecule has 22 heavy (non-hydrogen) atoms. The van der Waals surface area contributed by atoms with Crippen LogP contribution in [0.15, 0.2) is 24.3 Å². The van der Waals surface area contributed by atoms with Crippen LogP contribution in [0.3, 0.4) is 0 Å². The third kappa shape index (κ3) is 3.70. The zero-order valence-corrected chi connectivity index (χ0v) is 13.9. The Morgan fingerprint density at radius 1 is 1.05 bits per heavy atom. The lowest BCUT2D eigenvalue weighted by Crippen LogP contribution is -2.47. The standard InChI is InChI=1S/C19H28N2O/c1-15-11-16(2)13-21(12-15)19(22)14-20-9-7-17-5-3-4-6-18(17)8-10-20/h3-6,15-16H,7-14H2,1-2H3. The number of benzene rings is 1. The highest BCUT2D eigenvalue weighted by Crippen LogP contribution is 2.21. The van der Waals surface area contributed by atoms with Crippen LogP contribution in [0, 0.1) is 11.8 Å². The minimum absolute atomic E-state index is 0.323. The number of carbonyl (C=O) groups excluding carboxylic acids is 1. The van der Waals surface area contributed by atoms with E-state index in [1.54, 1.807) is 0 Å². The maximum Gasteiger partial charge on any atom is 0.236 e. The Bertz CT molecular complexity index is 491. The van der Waals surface area contributed by atoms with Gasteiger partial charge < -0.3 is 4.90 Å². The summed E-state index contributed by atoms with van der Waals surface area (Å²) in [7, 11) is 0. The molecular formula is C19H28N2O. The Labute approximate surface area is 134 Å². The first-order valence-electron chi connectivity index (χ1n) is 8.68. The number of amides is 1. The molecule has 3 rings (SSSR count). The van der Waals surface area contributed by atoms with E-state index in [0.29, 0.717) is 24.3 Å². The van der Waals surface area contributed by atoms with E-state index in [9.17, 15) is 4.79 Å². The van der Waals surface area contributed by atoms with Crippen LogP contribution in [0.1, 0.15) is 31.4 Å². The maximum atomic E-state index is 12.6. The molecule has 0 aliphatic carbocycles. The van der Waals surface area contributed by atoms with E-state index < -0.39 is 0 Å². The molecule has 2 heterocycles. The molecule has 1 amide bonds. The Morgan fingerprint density at radius 3 is 2.14 bits per heavy atom. The molecule has 0 saturated carbocycles. The summed E-state index contributed by atoms with van der Waals surface area (Å²) in [6, 6.07) is 8.70. The fourth-order valence-corrected chi connectivity index (χ4v) is 4.03. The molecule has 2 aliphatic rings. The van der Waals surface area contributed by atoms with Crippen molar-refractivity contribution in [2.75, 3.05) is 32.7 Å². The SMILES string of the molecule is CC1CC(C)CN(C(=O)CN2CCc3ccccc3CC2)C1. The van der Waals surface area contributed by atoms with Crippen LogP contribution >= 0.6 is 0 Å². The fourth-order valence-electron chi connectivity index (χ4n) is 4.03. The number of fused-ring (bicyclic) bond motifs is 1. The van der Waals surface area contributed by atoms with Gasteiger partial charge in [-0.3, -0.25) is 9.69 Å². The van der Waals surface area contributed by atoms with Crippen LogP contribution < -0.4 is 0 Å². The summed E-state index contributed by atoms with van der Waals surface area (Å²) in [5.41, 5.74) is 2.91. The second-order valence-corrected chi connectivity index (χ2v) is 7.29. The average molecular weight is 300 g/mol. The zero-order chi connectivity index (χ0) is 15.5. The highest BCUT2D eigenvalue weighted by Gasteiger charge is 2.26. The van der Waals surface area contributed by atoms with Crippen LogP contribution in [0.25, 0.3) is 0 Å². The predicted octanol–water partition coefficient (Wildman–Crippen LogP) is 2.59. The van der Waals surface area contributed by atoms with E-state index in [4.69, 9.17) is 0 Å². The zero-order valence-electron chi connectivity index (χ0n) is 13.9. The molecule has 120 valence electrons. The number of rotatable bonds is 2. The lowest BCUT2D eigenvalue weighted by Gasteiger charge is -2.36. The molecule has 0 bridgehead atoms.